The van der Waals surface area contributed by atoms with Crippen LogP contribution < -0.4 is 0 Å². The first-order valence-corrected chi connectivity index (χ1v) is 14.5. The normalized spacial score (nSPS) is 30.3. The van der Waals surface area contributed by atoms with Crippen LogP contribution in [0.1, 0.15) is 44.1 Å². The van der Waals surface area contributed by atoms with E-state index in [1.165, 1.54) is 5.56 Å². The van der Waals surface area contributed by atoms with Crippen molar-refractivity contribution in [3.05, 3.63) is 60.2 Å². The van der Waals surface area contributed by atoms with Gasteiger partial charge in [-0.15, -0.1) is 0 Å². The lowest BCUT2D eigenvalue weighted by Crippen LogP contribution is -2.25. The van der Waals surface area contributed by atoms with Gasteiger partial charge in [0.05, 0.1) is 18.7 Å². The summed E-state index contributed by atoms with van der Waals surface area (Å²) < 4.78 is 11.8. The van der Waals surface area contributed by atoms with Gasteiger partial charge in [-0.05, 0) is 59.7 Å². The van der Waals surface area contributed by atoms with Crippen molar-refractivity contribution in [1.82, 2.24) is 0 Å². The van der Waals surface area contributed by atoms with E-state index in [1.807, 2.05) is 24.3 Å². The molecule has 1 fully saturated rings. The zero-order chi connectivity index (χ0) is 20.5. The Labute approximate surface area is 188 Å². The molecule has 1 aliphatic heterocycles. The number of hydrogen-bond acceptors (Lipinski definition) is 4. The molecule has 2 aliphatic rings. The molecule has 1 saturated carbocycles. The number of aliphatic hydroxyl groups is 1. The number of aliphatic hydroxyl groups excluding tert-OH is 1. The van der Waals surface area contributed by atoms with Crippen LogP contribution in [0.5, 0.6) is 0 Å². The Balaban J connectivity index is 1.66. The monoisotopic (exact) mass is 528 g/mol. The second-order valence-corrected chi connectivity index (χ2v) is 9.53. The van der Waals surface area contributed by atoms with Crippen LogP contribution in [-0.2, 0) is 20.5 Å². The van der Waals surface area contributed by atoms with E-state index in [-0.39, 0.29) is 30.0 Å². The summed E-state index contributed by atoms with van der Waals surface area (Å²) in [5.74, 6) is 0.243. The number of rotatable bonds is 7. The third-order valence-electron chi connectivity index (χ3n) is 5.80. The van der Waals surface area contributed by atoms with E-state index >= 15 is 0 Å². The molecular formula is C23H30IO4P. The molecule has 0 spiro atoms. The van der Waals surface area contributed by atoms with E-state index in [4.69, 9.17) is 9.26 Å². The maximum atomic E-state index is 12.2. The molecule has 0 amide bonds. The summed E-state index contributed by atoms with van der Waals surface area (Å²) in [5, 5.41) is 10.5. The maximum absolute atomic E-state index is 12.2. The maximum Gasteiger partial charge on any atom is 0.306 e. The van der Waals surface area contributed by atoms with Crippen LogP contribution in [0.3, 0.4) is 0 Å². The number of benzene rings is 1. The Morgan fingerprint density at radius 3 is 2.93 bits per heavy atom. The molecule has 0 aromatic heterocycles. The van der Waals surface area contributed by atoms with Crippen molar-refractivity contribution < 1.29 is 19.2 Å². The van der Waals surface area contributed by atoms with Crippen LogP contribution >= 0.6 is 28.5 Å². The SMILES string of the molecule is O=C1CCC/C=C\C[C@@H]2[C@@H](/C=C/[C@@H](O)CCc3ccccc3)[C@H](OPI)C[C@@H]2O1. The number of aryl methyl sites for hydroxylation is 1. The molecule has 1 unspecified atom stereocenters. The van der Waals surface area contributed by atoms with Crippen molar-refractivity contribution in [1.29, 1.82) is 0 Å². The molecule has 0 saturated heterocycles. The van der Waals surface area contributed by atoms with E-state index in [2.05, 4.69) is 52.4 Å². The topological polar surface area (TPSA) is 55.8 Å². The minimum Gasteiger partial charge on any atom is -0.462 e. The predicted octanol–water partition coefficient (Wildman–Crippen LogP) is 5.54. The molecule has 6 atom stereocenters. The van der Waals surface area contributed by atoms with E-state index < -0.39 is 6.10 Å². The van der Waals surface area contributed by atoms with Crippen molar-refractivity contribution >= 4 is 34.5 Å². The largest absolute Gasteiger partial charge is 0.462 e. The lowest BCUT2D eigenvalue weighted by Gasteiger charge is -2.24. The molecule has 6 heteroatoms. The first kappa shape index (κ1) is 22.9. The molecule has 158 valence electrons. The molecule has 4 nitrogen and oxygen atoms in total. The number of carbonyl (C=O) groups excluding carboxylic acids is 1. The standard InChI is InChI=1S/C23H30IO4P/c24-29-28-22-16-21-19(10-6-1-2-7-11-23(26)27-21)20(22)15-14-18(25)13-12-17-8-4-3-5-9-17/h1,3-6,8-9,14-15,18-22,25,29H,2,7,10-13,16H2/b6-1-,15-14+/t18-,19+,20+,21-,22+/m0/s1. The number of hydrogen-bond donors (Lipinski definition) is 1. The first-order chi connectivity index (χ1) is 14.2. The highest BCUT2D eigenvalue weighted by Crippen LogP contribution is 2.43. The van der Waals surface area contributed by atoms with Crippen molar-refractivity contribution in [3.8, 4) is 0 Å². The zero-order valence-electron chi connectivity index (χ0n) is 16.6. The van der Waals surface area contributed by atoms with Crippen LogP contribution in [0.25, 0.3) is 0 Å². The van der Waals surface area contributed by atoms with Gasteiger partial charge in [-0.1, -0.05) is 54.6 Å². The minimum absolute atomic E-state index is 0.0276. The molecule has 0 radical (unpaired) electrons. The quantitative estimate of drug-likeness (QED) is 0.219. The first-order valence-electron chi connectivity index (χ1n) is 10.4. The molecule has 1 aromatic rings. The number of carbonyl (C=O) groups is 1. The number of halogens is 1. The lowest BCUT2D eigenvalue weighted by atomic mass is 9.89. The van der Waals surface area contributed by atoms with Crippen molar-refractivity contribution in [2.75, 3.05) is 0 Å². The van der Waals surface area contributed by atoms with Crippen molar-refractivity contribution in [2.45, 2.75) is 63.3 Å². The molecule has 1 N–H and O–H groups in total. The second kappa shape index (κ2) is 12.2. The summed E-state index contributed by atoms with van der Waals surface area (Å²) in [6, 6.07) is 10.2. The lowest BCUT2D eigenvalue weighted by molar-refractivity contribution is -0.151. The van der Waals surface area contributed by atoms with Crippen molar-refractivity contribution in [3.63, 3.8) is 0 Å². The van der Waals surface area contributed by atoms with Crippen LogP contribution in [0.15, 0.2) is 54.6 Å². The molecule has 0 bridgehead atoms. The van der Waals surface area contributed by atoms with E-state index in [0.29, 0.717) is 19.3 Å². The van der Waals surface area contributed by atoms with Gasteiger partial charge in [0.1, 0.15) is 6.10 Å². The van der Waals surface area contributed by atoms with Crippen LogP contribution in [-0.4, -0.2) is 29.4 Å². The summed E-state index contributed by atoms with van der Waals surface area (Å²) in [7, 11) is 0. The Morgan fingerprint density at radius 1 is 1.31 bits per heavy atom. The number of fused-ring (bicyclic) bond motifs is 1. The van der Waals surface area contributed by atoms with Crippen molar-refractivity contribution in [2.24, 2.45) is 11.8 Å². The Kier molecular flexibility index (Phi) is 9.63. The number of esters is 1. The van der Waals surface area contributed by atoms with Gasteiger partial charge in [0.15, 0.2) is 0 Å². The second-order valence-electron chi connectivity index (χ2n) is 7.81. The van der Waals surface area contributed by atoms with Gasteiger partial charge in [-0.25, -0.2) is 0 Å². The minimum atomic E-state index is -0.491. The van der Waals surface area contributed by atoms with Gasteiger partial charge in [0.25, 0.3) is 0 Å². The summed E-state index contributed by atoms with van der Waals surface area (Å²) in [6.07, 6.45) is 13.2. The fraction of sp³-hybridized carbons (Fsp3) is 0.522. The summed E-state index contributed by atoms with van der Waals surface area (Å²) in [5.41, 5.74) is 1.23. The molecule has 1 aromatic carbocycles. The van der Waals surface area contributed by atoms with Crippen LogP contribution in [0.4, 0.5) is 0 Å². The fourth-order valence-corrected chi connectivity index (χ4v) is 5.60. The van der Waals surface area contributed by atoms with Crippen LogP contribution in [0.2, 0.25) is 0 Å². The highest BCUT2D eigenvalue weighted by Gasteiger charge is 2.44. The zero-order valence-corrected chi connectivity index (χ0v) is 19.7. The number of ether oxygens (including phenoxy) is 1. The third kappa shape index (κ3) is 7.16. The number of allylic oxidation sites excluding steroid dienone is 2. The van der Waals surface area contributed by atoms with Gasteiger partial charge in [-0.2, -0.15) is 0 Å². The van der Waals surface area contributed by atoms with Crippen LogP contribution in [0, 0.1) is 11.8 Å². The smallest absolute Gasteiger partial charge is 0.306 e. The molecular weight excluding hydrogens is 498 g/mol. The predicted molar refractivity (Wildman–Crippen MR) is 126 cm³/mol. The van der Waals surface area contributed by atoms with Gasteiger partial charge >= 0.3 is 5.97 Å². The average Bonchev–Trinajstić information content (AvgIpc) is 3.04. The Morgan fingerprint density at radius 2 is 2.14 bits per heavy atom. The van der Waals surface area contributed by atoms with E-state index in [0.717, 1.165) is 32.1 Å². The molecule has 3 rings (SSSR count). The molecule has 29 heavy (non-hydrogen) atoms. The molecule has 1 heterocycles. The third-order valence-corrected chi connectivity index (χ3v) is 6.95. The van der Waals surface area contributed by atoms with Gasteiger partial charge in [0, 0.05) is 24.7 Å². The Hall–Kier alpha value is -0.750. The van der Waals surface area contributed by atoms with E-state index in [9.17, 15) is 9.90 Å². The summed E-state index contributed by atoms with van der Waals surface area (Å²) in [4.78, 5) is 12.2. The van der Waals surface area contributed by atoms with Gasteiger partial charge in [-0.3, -0.25) is 4.79 Å². The Bertz CT molecular complexity index is 693. The highest BCUT2D eigenvalue weighted by atomic mass is 127. The van der Waals surface area contributed by atoms with Gasteiger partial charge < -0.3 is 14.4 Å². The van der Waals surface area contributed by atoms with Gasteiger partial charge in [0.2, 0.25) is 0 Å². The fourth-order valence-electron chi connectivity index (χ4n) is 4.25. The molecule has 1 aliphatic carbocycles. The highest BCUT2D eigenvalue weighted by molar-refractivity contribution is 14.2. The summed E-state index contributed by atoms with van der Waals surface area (Å²) in [6.45, 7) is 0.363. The van der Waals surface area contributed by atoms with E-state index in [1.54, 1.807) is 0 Å². The average molecular weight is 528 g/mol. The summed E-state index contributed by atoms with van der Waals surface area (Å²) >= 11 is 2.24.